The van der Waals surface area contributed by atoms with Crippen molar-refractivity contribution >= 4 is 5.69 Å². The van der Waals surface area contributed by atoms with Crippen molar-refractivity contribution in [2.75, 3.05) is 5.32 Å². The van der Waals surface area contributed by atoms with Crippen LogP contribution < -0.4 is 5.32 Å². The number of aryl methyl sites for hydroxylation is 2. The Kier molecular flexibility index (Phi) is 5.27. The van der Waals surface area contributed by atoms with Crippen molar-refractivity contribution in [3.05, 3.63) is 84.1 Å². The summed E-state index contributed by atoms with van der Waals surface area (Å²) in [6, 6.07) is 24.4. The van der Waals surface area contributed by atoms with Crippen LogP contribution in [0.25, 0.3) is 11.3 Å². The third-order valence-corrected chi connectivity index (χ3v) is 4.23. The van der Waals surface area contributed by atoms with Crippen molar-refractivity contribution in [1.29, 1.82) is 0 Å². The maximum atomic E-state index is 4.41. The lowest BCUT2D eigenvalue weighted by molar-refractivity contribution is 0.706. The minimum Gasteiger partial charge on any atom is -0.383 e. The van der Waals surface area contributed by atoms with E-state index in [2.05, 4.69) is 78.7 Å². The average molecular weight is 315 g/mol. The number of pyridine rings is 1. The van der Waals surface area contributed by atoms with Crippen LogP contribution in [0.15, 0.2) is 66.9 Å². The Bertz CT molecular complexity index is 766. The normalized spacial score (nSPS) is 11.9. The molecule has 0 saturated heterocycles. The molecule has 0 amide bonds. The molecule has 0 aliphatic heterocycles. The van der Waals surface area contributed by atoms with Crippen LogP contribution in [0.1, 0.15) is 24.5 Å². The molecular formula is C22H23N2. The number of rotatable bonds is 6. The van der Waals surface area contributed by atoms with Gasteiger partial charge in [-0.3, -0.25) is 4.98 Å². The fraction of sp³-hybridized carbons (Fsp3) is 0.227. The first-order valence-corrected chi connectivity index (χ1v) is 8.46. The van der Waals surface area contributed by atoms with Gasteiger partial charge < -0.3 is 5.32 Å². The molecule has 0 saturated carbocycles. The van der Waals surface area contributed by atoms with Gasteiger partial charge in [0.15, 0.2) is 0 Å². The molecule has 1 atom stereocenters. The van der Waals surface area contributed by atoms with Crippen LogP contribution in [0.4, 0.5) is 5.69 Å². The predicted octanol–water partition coefficient (Wildman–Crippen LogP) is 5.29. The second kappa shape index (κ2) is 7.78. The lowest BCUT2D eigenvalue weighted by Gasteiger charge is -2.17. The summed E-state index contributed by atoms with van der Waals surface area (Å²) in [7, 11) is 0. The van der Waals surface area contributed by atoms with Crippen LogP contribution >= 0.6 is 0 Å². The van der Waals surface area contributed by atoms with Crippen LogP contribution in [-0.4, -0.2) is 11.0 Å². The first-order valence-electron chi connectivity index (χ1n) is 8.46. The second-order valence-electron chi connectivity index (χ2n) is 6.24. The van der Waals surface area contributed by atoms with Gasteiger partial charge in [0.1, 0.15) is 0 Å². The molecule has 3 aromatic rings. The van der Waals surface area contributed by atoms with Gasteiger partial charge in [-0.2, -0.15) is 0 Å². The summed E-state index contributed by atoms with van der Waals surface area (Å²) >= 11 is 0. The largest absolute Gasteiger partial charge is 0.383 e. The van der Waals surface area contributed by atoms with E-state index in [4.69, 9.17) is 0 Å². The third-order valence-electron chi connectivity index (χ3n) is 4.23. The van der Waals surface area contributed by atoms with Crippen molar-refractivity contribution < 1.29 is 0 Å². The molecule has 0 spiro atoms. The van der Waals surface area contributed by atoms with Crippen LogP contribution in [-0.2, 0) is 6.42 Å². The summed E-state index contributed by atoms with van der Waals surface area (Å²) in [6.07, 6.45) is 3.99. The Labute approximate surface area is 144 Å². The molecule has 0 fully saturated rings. The summed E-state index contributed by atoms with van der Waals surface area (Å²) in [5, 5.41) is 3.60. The summed E-state index contributed by atoms with van der Waals surface area (Å²) in [4.78, 5) is 4.41. The quantitative estimate of drug-likeness (QED) is 0.668. The highest BCUT2D eigenvalue weighted by atomic mass is 14.9. The van der Waals surface area contributed by atoms with Crippen molar-refractivity contribution in [1.82, 2.24) is 4.98 Å². The van der Waals surface area contributed by atoms with Gasteiger partial charge in [0.2, 0.25) is 0 Å². The van der Waals surface area contributed by atoms with E-state index in [0.717, 1.165) is 29.8 Å². The fourth-order valence-electron chi connectivity index (χ4n) is 2.90. The maximum Gasteiger partial charge on any atom is 0.0710 e. The Morgan fingerprint density at radius 1 is 1.12 bits per heavy atom. The number of nitrogens with one attached hydrogen (secondary N) is 1. The van der Waals surface area contributed by atoms with E-state index in [9.17, 15) is 0 Å². The van der Waals surface area contributed by atoms with Crippen molar-refractivity contribution in [3.63, 3.8) is 0 Å². The Morgan fingerprint density at radius 3 is 2.67 bits per heavy atom. The number of nitrogens with zero attached hydrogens (tertiary/aromatic N) is 1. The van der Waals surface area contributed by atoms with Gasteiger partial charge >= 0.3 is 0 Å². The molecule has 0 aliphatic carbocycles. The minimum absolute atomic E-state index is 0.429. The Balaban J connectivity index is 1.62. The van der Waals surface area contributed by atoms with E-state index in [1.807, 2.05) is 12.1 Å². The lowest BCUT2D eigenvalue weighted by Crippen LogP contribution is -2.16. The summed E-state index contributed by atoms with van der Waals surface area (Å²) in [5.41, 5.74) is 5.91. The van der Waals surface area contributed by atoms with Gasteiger partial charge in [0.05, 0.1) is 5.69 Å². The van der Waals surface area contributed by atoms with Gasteiger partial charge in [-0.15, -0.1) is 0 Å². The zero-order valence-electron chi connectivity index (χ0n) is 14.3. The first-order chi connectivity index (χ1) is 11.7. The summed E-state index contributed by atoms with van der Waals surface area (Å²) < 4.78 is 0. The van der Waals surface area contributed by atoms with Crippen LogP contribution in [0, 0.1) is 13.0 Å². The van der Waals surface area contributed by atoms with E-state index >= 15 is 0 Å². The summed E-state index contributed by atoms with van der Waals surface area (Å²) in [5.74, 6) is 0. The first kappa shape index (κ1) is 16.3. The van der Waals surface area contributed by atoms with E-state index in [1.165, 1.54) is 11.1 Å². The molecule has 1 aromatic heterocycles. The molecule has 1 unspecified atom stereocenters. The van der Waals surface area contributed by atoms with Gasteiger partial charge in [-0.05, 0) is 68.1 Å². The average Bonchev–Trinajstić information content (AvgIpc) is 2.62. The molecule has 1 heterocycles. The van der Waals surface area contributed by atoms with Gasteiger partial charge in [0.25, 0.3) is 0 Å². The van der Waals surface area contributed by atoms with Crippen LogP contribution in [0.2, 0.25) is 0 Å². The van der Waals surface area contributed by atoms with Crippen LogP contribution in [0.3, 0.4) is 0 Å². The molecular weight excluding hydrogens is 292 g/mol. The zero-order valence-corrected chi connectivity index (χ0v) is 14.3. The lowest BCUT2D eigenvalue weighted by atomic mass is 10.0. The van der Waals surface area contributed by atoms with E-state index in [0.29, 0.717) is 6.04 Å². The number of benzene rings is 2. The molecule has 1 radical (unpaired) electrons. The van der Waals surface area contributed by atoms with Crippen LogP contribution in [0.5, 0.6) is 0 Å². The number of aromatic nitrogens is 1. The maximum absolute atomic E-state index is 4.41. The minimum atomic E-state index is 0.429. The van der Waals surface area contributed by atoms with E-state index < -0.39 is 0 Å². The predicted molar refractivity (Wildman–Crippen MR) is 101 cm³/mol. The second-order valence-corrected chi connectivity index (χ2v) is 6.24. The van der Waals surface area contributed by atoms with E-state index in [1.54, 1.807) is 6.20 Å². The van der Waals surface area contributed by atoms with Crippen molar-refractivity contribution in [2.45, 2.75) is 32.7 Å². The zero-order chi connectivity index (χ0) is 16.8. The number of hydrogen-bond donors (Lipinski definition) is 1. The molecule has 121 valence electrons. The number of anilines is 1. The fourth-order valence-corrected chi connectivity index (χ4v) is 2.90. The highest BCUT2D eigenvalue weighted by Gasteiger charge is 2.06. The molecule has 24 heavy (non-hydrogen) atoms. The standard InChI is InChI=1S/C22H23N2/c1-17-16-20(13-14-21(17)22-10-6-7-15-23-22)24-18(2)11-12-19-8-4-3-5-9-19/h3-5,7-10,13-16,18,24H,11-12H2,1-2H3. The van der Waals surface area contributed by atoms with Crippen molar-refractivity contribution in [3.8, 4) is 11.3 Å². The summed E-state index contributed by atoms with van der Waals surface area (Å²) in [6.45, 7) is 4.36. The van der Waals surface area contributed by atoms with Gasteiger partial charge in [-0.1, -0.05) is 36.4 Å². The number of hydrogen-bond acceptors (Lipinski definition) is 2. The molecule has 0 bridgehead atoms. The Hall–Kier alpha value is -2.61. The monoisotopic (exact) mass is 315 g/mol. The third kappa shape index (κ3) is 4.23. The SMILES string of the molecule is Cc1cc(NC(C)CCc2ccccc2)ccc1-c1c[c]ccn1. The van der Waals surface area contributed by atoms with Gasteiger partial charge in [0, 0.05) is 23.5 Å². The molecule has 3 rings (SSSR count). The highest BCUT2D eigenvalue weighted by molar-refractivity contribution is 5.67. The highest BCUT2D eigenvalue weighted by Crippen LogP contribution is 2.24. The van der Waals surface area contributed by atoms with E-state index in [-0.39, 0.29) is 0 Å². The topological polar surface area (TPSA) is 24.9 Å². The molecule has 1 N–H and O–H groups in total. The molecule has 0 aliphatic rings. The smallest absolute Gasteiger partial charge is 0.0710 e. The molecule has 2 nitrogen and oxygen atoms in total. The van der Waals surface area contributed by atoms with Crippen molar-refractivity contribution in [2.24, 2.45) is 0 Å². The molecule has 2 aromatic carbocycles. The van der Waals surface area contributed by atoms with Gasteiger partial charge in [-0.25, -0.2) is 0 Å². The molecule has 2 heteroatoms. The Morgan fingerprint density at radius 2 is 1.96 bits per heavy atom.